The van der Waals surface area contributed by atoms with Crippen LogP contribution in [0.2, 0.25) is 0 Å². The standard InChI is InChI=1S/C24H23N3O7/c1-25(2)10-11-26-20(14-6-4-8-16(12-14)27(31)32)19(22(29)24(26)30)21(28)18-13-15-7-5-9-17(33-3)23(15)34-18/h4-9,12-13,20,29H,10-11H2,1-3H3/t20-/m0/s1. The Bertz CT molecular complexity index is 1330. The molecule has 0 saturated heterocycles. The van der Waals surface area contributed by atoms with Gasteiger partial charge in [0, 0.05) is 30.6 Å². The zero-order chi connectivity index (χ0) is 24.6. The molecule has 3 aromatic rings. The maximum Gasteiger partial charge on any atom is 0.290 e. The summed E-state index contributed by atoms with van der Waals surface area (Å²) in [6.07, 6.45) is 0. The molecule has 0 fully saturated rings. The van der Waals surface area contributed by atoms with Crippen LogP contribution in [0.3, 0.4) is 0 Å². The van der Waals surface area contributed by atoms with Crippen LogP contribution in [-0.2, 0) is 4.79 Å². The van der Waals surface area contributed by atoms with Crippen LogP contribution in [0.1, 0.15) is 22.2 Å². The van der Waals surface area contributed by atoms with E-state index in [1.807, 2.05) is 19.0 Å². The normalized spacial score (nSPS) is 16.1. The smallest absolute Gasteiger partial charge is 0.290 e. The summed E-state index contributed by atoms with van der Waals surface area (Å²) in [4.78, 5) is 40.6. The van der Waals surface area contributed by atoms with Crippen LogP contribution in [0, 0.1) is 10.1 Å². The molecule has 0 aliphatic carbocycles. The molecule has 176 valence electrons. The van der Waals surface area contributed by atoms with Crippen molar-refractivity contribution in [3.63, 3.8) is 0 Å². The third-order valence-corrected chi connectivity index (χ3v) is 5.68. The minimum Gasteiger partial charge on any atom is -0.503 e. The molecule has 4 rings (SSSR count). The third kappa shape index (κ3) is 3.99. The quantitative estimate of drug-likeness (QED) is 0.304. The van der Waals surface area contributed by atoms with Crippen LogP contribution in [0.25, 0.3) is 11.0 Å². The lowest BCUT2D eigenvalue weighted by atomic mass is 9.94. The number of likely N-dealkylation sites (N-methyl/N-ethyl adjacent to an activating group) is 1. The van der Waals surface area contributed by atoms with E-state index in [0.29, 0.717) is 28.8 Å². The van der Waals surface area contributed by atoms with Crippen LogP contribution >= 0.6 is 0 Å². The Labute approximate surface area is 194 Å². The SMILES string of the molecule is COc1cccc2cc(C(=O)C3=C(O)C(=O)N(CCN(C)C)[C@H]3c3cccc([N+](=O)[O-])c3)oc12. The highest BCUT2D eigenvalue weighted by Gasteiger charge is 2.44. The number of rotatable bonds is 8. The number of hydrogen-bond donors (Lipinski definition) is 1. The van der Waals surface area contributed by atoms with Crippen LogP contribution in [-0.4, -0.2) is 65.8 Å². The molecule has 0 unspecified atom stereocenters. The average molecular weight is 465 g/mol. The number of fused-ring (bicyclic) bond motifs is 1. The number of carbonyl (C=O) groups excluding carboxylic acids is 2. The van der Waals surface area contributed by atoms with E-state index in [4.69, 9.17) is 9.15 Å². The zero-order valence-electron chi connectivity index (χ0n) is 18.8. The molecule has 1 aliphatic heterocycles. The van der Waals surface area contributed by atoms with Gasteiger partial charge < -0.3 is 24.1 Å². The molecule has 0 spiro atoms. The molecule has 0 saturated carbocycles. The first kappa shape index (κ1) is 23.0. The van der Waals surface area contributed by atoms with Crippen LogP contribution in [0.15, 0.2) is 64.3 Å². The first-order valence-electron chi connectivity index (χ1n) is 10.5. The Balaban J connectivity index is 1.83. The van der Waals surface area contributed by atoms with E-state index in [-0.39, 0.29) is 23.6 Å². The summed E-state index contributed by atoms with van der Waals surface area (Å²) in [7, 11) is 5.12. The number of aliphatic hydroxyl groups is 1. The molecule has 0 radical (unpaired) electrons. The number of Topliss-reactive ketones (excluding diaryl/α,β-unsaturated/α-hetero) is 1. The summed E-state index contributed by atoms with van der Waals surface area (Å²) in [6, 6.07) is 11.4. The van der Waals surface area contributed by atoms with Gasteiger partial charge in [0.25, 0.3) is 11.6 Å². The second kappa shape index (κ2) is 8.99. The number of methoxy groups -OCH3 is 1. The van der Waals surface area contributed by atoms with Gasteiger partial charge in [-0.25, -0.2) is 0 Å². The van der Waals surface area contributed by atoms with E-state index >= 15 is 0 Å². The summed E-state index contributed by atoms with van der Waals surface area (Å²) < 4.78 is 11.0. The Morgan fingerprint density at radius 2 is 1.97 bits per heavy atom. The van der Waals surface area contributed by atoms with Crippen LogP contribution < -0.4 is 4.74 Å². The lowest BCUT2D eigenvalue weighted by Gasteiger charge is -2.27. The number of ether oxygens (including phenoxy) is 1. The van der Waals surface area contributed by atoms with Gasteiger partial charge in [-0.3, -0.25) is 19.7 Å². The molecule has 0 bridgehead atoms. The molecular weight excluding hydrogens is 442 g/mol. The van der Waals surface area contributed by atoms with Crippen molar-refractivity contribution < 1.29 is 28.8 Å². The van der Waals surface area contributed by atoms with Crippen molar-refractivity contribution in [3.05, 3.63) is 81.3 Å². The van der Waals surface area contributed by atoms with Crippen molar-refractivity contribution in [3.8, 4) is 5.75 Å². The highest BCUT2D eigenvalue weighted by atomic mass is 16.6. The Morgan fingerprint density at radius 3 is 2.65 bits per heavy atom. The maximum absolute atomic E-state index is 13.6. The largest absolute Gasteiger partial charge is 0.503 e. The summed E-state index contributed by atoms with van der Waals surface area (Å²) in [5.74, 6) is -1.77. The van der Waals surface area contributed by atoms with Crippen molar-refractivity contribution in [1.29, 1.82) is 0 Å². The van der Waals surface area contributed by atoms with Crippen molar-refractivity contribution in [1.82, 2.24) is 9.80 Å². The summed E-state index contributed by atoms with van der Waals surface area (Å²) in [5.41, 5.74) is 0.308. The van der Waals surface area contributed by atoms with E-state index in [0.717, 1.165) is 0 Å². The molecule has 10 heteroatoms. The van der Waals surface area contributed by atoms with E-state index < -0.39 is 28.4 Å². The fourth-order valence-corrected chi connectivity index (χ4v) is 4.02. The monoisotopic (exact) mass is 465 g/mol. The van der Waals surface area contributed by atoms with E-state index in [1.54, 1.807) is 24.3 Å². The number of hydrogen-bond acceptors (Lipinski definition) is 8. The number of nitro benzene ring substituents is 1. The first-order chi connectivity index (χ1) is 16.2. The highest BCUT2D eigenvalue weighted by molar-refractivity contribution is 6.16. The molecular formula is C24H23N3O7. The summed E-state index contributed by atoms with van der Waals surface area (Å²) >= 11 is 0. The van der Waals surface area contributed by atoms with Gasteiger partial charge in [-0.2, -0.15) is 0 Å². The molecule has 1 aliphatic rings. The fourth-order valence-electron chi connectivity index (χ4n) is 4.02. The molecule has 1 atom stereocenters. The molecule has 10 nitrogen and oxygen atoms in total. The summed E-state index contributed by atoms with van der Waals surface area (Å²) in [6.45, 7) is 0.641. The van der Waals surface area contributed by atoms with Gasteiger partial charge in [0.05, 0.1) is 23.6 Å². The van der Waals surface area contributed by atoms with Crippen LogP contribution in [0.5, 0.6) is 5.75 Å². The third-order valence-electron chi connectivity index (χ3n) is 5.68. The number of aliphatic hydroxyl groups excluding tert-OH is 1. The number of nitrogens with zero attached hydrogens (tertiary/aromatic N) is 3. The predicted octanol–water partition coefficient (Wildman–Crippen LogP) is 3.49. The molecule has 1 N–H and O–H groups in total. The number of furan rings is 1. The Morgan fingerprint density at radius 1 is 1.24 bits per heavy atom. The number of ketones is 1. The number of carbonyl (C=O) groups is 2. The van der Waals surface area contributed by atoms with Crippen LogP contribution in [0.4, 0.5) is 5.69 Å². The summed E-state index contributed by atoms with van der Waals surface area (Å²) in [5, 5.41) is 22.7. The van der Waals surface area contributed by atoms with Gasteiger partial charge in [0.15, 0.2) is 22.9 Å². The van der Waals surface area contributed by atoms with E-state index in [9.17, 15) is 24.8 Å². The van der Waals surface area contributed by atoms with Crippen molar-refractivity contribution in [2.45, 2.75) is 6.04 Å². The lowest BCUT2D eigenvalue weighted by Crippen LogP contribution is -2.36. The molecule has 34 heavy (non-hydrogen) atoms. The van der Waals surface area contributed by atoms with Gasteiger partial charge in [0.2, 0.25) is 5.78 Å². The lowest BCUT2D eigenvalue weighted by molar-refractivity contribution is -0.384. The second-order valence-corrected chi connectivity index (χ2v) is 8.14. The number of para-hydroxylation sites is 1. The second-order valence-electron chi connectivity index (χ2n) is 8.14. The predicted molar refractivity (Wildman–Crippen MR) is 123 cm³/mol. The number of benzene rings is 2. The topological polar surface area (TPSA) is 126 Å². The zero-order valence-corrected chi connectivity index (χ0v) is 18.8. The minimum atomic E-state index is -1.02. The van der Waals surface area contributed by atoms with Crippen molar-refractivity contribution in [2.24, 2.45) is 0 Å². The number of nitro groups is 1. The van der Waals surface area contributed by atoms with Crippen molar-refractivity contribution >= 4 is 28.3 Å². The van der Waals surface area contributed by atoms with Gasteiger partial charge >= 0.3 is 0 Å². The number of amides is 1. The maximum atomic E-state index is 13.6. The highest BCUT2D eigenvalue weighted by Crippen LogP contribution is 2.40. The Hall–Kier alpha value is -4.18. The van der Waals surface area contributed by atoms with Gasteiger partial charge in [-0.1, -0.05) is 24.3 Å². The molecule has 1 amide bonds. The van der Waals surface area contributed by atoms with E-state index in [1.165, 1.54) is 36.3 Å². The van der Waals surface area contributed by atoms with E-state index in [2.05, 4.69) is 0 Å². The number of non-ortho nitro benzene ring substituents is 1. The minimum absolute atomic E-state index is 0.0845. The molecule has 1 aromatic heterocycles. The van der Waals surface area contributed by atoms with Gasteiger partial charge in [0.1, 0.15) is 0 Å². The van der Waals surface area contributed by atoms with Gasteiger partial charge in [-0.05, 0) is 31.8 Å². The average Bonchev–Trinajstić information content (AvgIpc) is 3.36. The van der Waals surface area contributed by atoms with Crippen molar-refractivity contribution in [2.75, 3.05) is 34.3 Å². The fraction of sp³-hybridized carbons (Fsp3) is 0.250. The Kier molecular flexibility index (Phi) is 6.08. The van der Waals surface area contributed by atoms with Gasteiger partial charge in [-0.15, -0.1) is 0 Å². The molecule has 2 aromatic carbocycles. The molecule has 2 heterocycles. The first-order valence-corrected chi connectivity index (χ1v) is 10.5.